The average molecular weight is 479 g/mol. The zero-order chi connectivity index (χ0) is 21.8. The number of rotatable bonds is 6. The van der Waals surface area contributed by atoms with E-state index in [4.69, 9.17) is 21.4 Å². The molecule has 0 N–H and O–H groups in total. The summed E-state index contributed by atoms with van der Waals surface area (Å²) in [7, 11) is 3.29. The molecule has 0 amide bonds. The first kappa shape index (κ1) is 22.3. The van der Waals surface area contributed by atoms with Gasteiger partial charge >= 0.3 is 0 Å². The third kappa shape index (κ3) is 5.83. The quantitative estimate of drug-likeness (QED) is 0.327. The SMILES string of the molecule is O=S(=O)(Cl)c1ccccc1C=Cc1ccc(C=Cc2ccccc2S(=O)(=O)Cl)cc1. The van der Waals surface area contributed by atoms with E-state index in [2.05, 4.69) is 0 Å². The fraction of sp³-hybridized carbons (Fsp3) is 0. The largest absolute Gasteiger partial charge is 0.261 e. The lowest BCUT2D eigenvalue weighted by atomic mass is 10.1. The van der Waals surface area contributed by atoms with Crippen molar-refractivity contribution in [2.24, 2.45) is 0 Å². The maximum absolute atomic E-state index is 11.7. The van der Waals surface area contributed by atoms with Crippen LogP contribution in [0.5, 0.6) is 0 Å². The van der Waals surface area contributed by atoms with Gasteiger partial charge < -0.3 is 0 Å². The van der Waals surface area contributed by atoms with Crippen molar-refractivity contribution in [3.63, 3.8) is 0 Å². The first-order chi connectivity index (χ1) is 14.1. The maximum atomic E-state index is 11.7. The summed E-state index contributed by atoms with van der Waals surface area (Å²) in [6.45, 7) is 0. The molecule has 0 aliphatic heterocycles. The van der Waals surface area contributed by atoms with E-state index < -0.39 is 18.1 Å². The molecule has 0 fully saturated rings. The van der Waals surface area contributed by atoms with Gasteiger partial charge in [-0.2, -0.15) is 0 Å². The molecule has 3 aromatic carbocycles. The second-order valence-corrected chi connectivity index (χ2v) is 11.4. The normalized spacial score (nSPS) is 12.6. The Balaban J connectivity index is 1.81. The Hall–Kier alpha value is -2.38. The van der Waals surface area contributed by atoms with Crippen LogP contribution in [-0.4, -0.2) is 16.8 Å². The molecular formula is C22H16Cl2O4S2. The van der Waals surface area contributed by atoms with Crippen molar-refractivity contribution in [3.05, 3.63) is 95.1 Å². The first-order valence-electron chi connectivity index (χ1n) is 8.68. The molecule has 0 aromatic heterocycles. The van der Waals surface area contributed by atoms with Crippen LogP contribution in [-0.2, 0) is 18.1 Å². The van der Waals surface area contributed by atoms with Crippen molar-refractivity contribution in [3.8, 4) is 0 Å². The van der Waals surface area contributed by atoms with Crippen LogP contribution in [0.15, 0.2) is 82.6 Å². The molecule has 0 spiro atoms. The van der Waals surface area contributed by atoms with Crippen molar-refractivity contribution in [1.29, 1.82) is 0 Å². The fourth-order valence-electron chi connectivity index (χ4n) is 2.77. The topological polar surface area (TPSA) is 68.3 Å². The Morgan fingerprint density at radius 1 is 0.500 bits per heavy atom. The summed E-state index contributed by atoms with van der Waals surface area (Å²) in [4.78, 5) is 0.103. The van der Waals surface area contributed by atoms with Gasteiger partial charge in [-0.25, -0.2) is 16.8 Å². The van der Waals surface area contributed by atoms with Crippen molar-refractivity contribution >= 4 is 63.8 Å². The zero-order valence-corrected chi connectivity index (χ0v) is 18.6. The molecule has 0 aliphatic carbocycles. The third-order valence-electron chi connectivity index (χ3n) is 4.21. The molecule has 4 nitrogen and oxygen atoms in total. The van der Waals surface area contributed by atoms with E-state index in [1.165, 1.54) is 12.1 Å². The summed E-state index contributed by atoms with van der Waals surface area (Å²) in [6, 6.07) is 20.4. The van der Waals surface area contributed by atoms with Gasteiger partial charge in [0.2, 0.25) is 0 Å². The smallest absolute Gasteiger partial charge is 0.207 e. The zero-order valence-electron chi connectivity index (χ0n) is 15.4. The molecule has 3 aromatic rings. The van der Waals surface area contributed by atoms with E-state index in [1.54, 1.807) is 60.7 Å². The van der Waals surface area contributed by atoms with Gasteiger partial charge in [-0.15, -0.1) is 0 Å². The number of benzene rings is 3. The fourth-order valence-corrected chi connectivity index (χ4v) is 4.93. The molecule has 0 bridgehead atoms. The van der Waals surface area contributed by atoms with Crippen molar-refractivity contribution in [2.45, 2.75) is 9.79 Å². The third-order valence-corrected chi connectivity index (χ3v) is 7.00. The van der Waals surface area contributed by atoms with Crippen molar-refractivity contribution < 1.29 is 16.8 Å². The lowest BCUT2D eigenvalue weighted by Crippen LogP contribution is -1.93. The molecule has 0 heterocycles. The Labute approximate surface area is 184 Å². The molecule has 8 heteroatoms. The predicted molar refractivity (Wildman–Crippen MR) is 123 cm³/mol. The molecule has 154 valence electrons. The second-order valence-electron chi connectivity index (χ2n) is 6.28. The van der Waals surface area contributed by atoms with Crippen LogP contribution in [0.1, 0.15) is 22.3 Å². The highest BCUT2D eigenvalue weighted by Crippen LogP contribution is 2.23. The van der Waals surface area contributed by atoms with Gasteiger partial charge in [0.15, 0.2) is 0 Å². The van der Waals surface area contributed by atoms with E-state index in [0.29, 0.717) is 11.1 Å². The van der Waals surface area contributed by atoms with Gasteiger partial charge in [0.25, 0.3) is 18.1 Å². The van der Waals surface area contributed by atoms with Crippen LogP contribution >= 0.6 is 21.4 Å². The molecule has 0 saturated carbocycles. The van der Waals surface area contributed by atoms with E-state index in [1.807, 2.05) is 24.3 Å². The highest BCUT2D eigenvalue weighted by molar-refractivity contribution is 8.14. The Bertz CT molecular complexity index is 1220. The van der Waals surface area contributed by atoms with Crippen LogP contribution in [0, 0.1) is 0 Å². The van der Waals surface area contributed by atoms with Gasteiger partial charge in [0.1, 0.15) is 0 Å². The van der Waals surface area contributed by atoms with Crippen LogP contribution in [0.2, 0.25) is 0 Å². The number of hydrogen-bond acceptors (Lipinski definition) is 4. The summed E-state index contributed by atoms with van der Waals surface area (Å²) in [5, 5.41) is 0. The molecule has 30 heavy (non-hydrogen) atoms. The molecule has 0 atom stereocenters. The molecule has 0 unspecified atom stereocenters. The lowest BCUT2D eigenvalue weighted by molar-refractivity contribution is 0.607. The Kier molecular flexibility index (Phi) is 6.83. The van der Waals surface area contributed by atoms with Crippen molar-refractivity contribution in [2.75, 3.05) is 0 Å². The van der Waals surface area contributed by atoms with Crippen LogP contribution < -0.4 is 0 Å². The summed E-state index contributed by atoms with van der Waals surface area (Å²) in [6.07, 6.45) is 6.93. The van der Waals surface area contributed by atoms with Gasteiger partial charge in [-0.1, -0.05) is 85.0 Å². The number of hydrogen-bond donors (Lipinski definition) is 0. The predicted octanol–water partition coefficient (Wildman–Crippen LogP) is 5.88. The average Bonchev–Trinajstić information content (AvgIpc) is 2.70. The molecule has 3 rings (SSSR count). The minimum absolute atomic E-state index is 0.0513. The van der Waals surface area contributed by atoms with Crippen molar-refractivity contribution in [1.82, 2.24) is 0 Å². The van der Waals surface area contributed by atoms with Gasteiger partial charge in [0, 0.05) is 21.4 Å². The van der Waals surface area contributed by atoms with E-state index in [0.717, 1.165) is 11.1 Å². The summed E-state index contributed by atoms with van der Waals surface area (Å²) in [5.74, 6) is 0. The molecule has 0 radical (unpaired) electrons. The van der Waals surface area contributed by atoms with E-state index in [-0.39, 0.29) is 9.79 Å². The Morgan fingerprint density at radius 2 is 0.833 bits per heavy atom. The summed E-state index contributed by atoms with van der Waals surface area (Å²) in [5.41, 5.74) is 2.71. The van der Waals surface area contributed by atoms with Gasteiger partial charge in [-0.05, 0) is 34.4 Å². The number of halogens is 2. The highest BCUT2D eigenvalue weighted by atomic mass is 35.7. The molecule has 0 aliphatic rings. The highest BCUT2D eigenvalue weighted by Gasteiger charge is 2.13. The minimum atomic E-state index is -3.83. The summed E-state index contributed by atoms with van der Waals surface area (Å²) >= 11 is 0. The second kappa shape index (κ2) is 9.18. The Morgan fingerprint density at radius 3 is 1.17 bits per heavy atom. The maximum Gasteiger partial charge on any atom is 0.261 e. The van der Waals surface area contributed by atoms with Crippen LogP contribution in [0.3, 0.4) is 0 Å². The standard InChI is InChI=1S/C22H16Cl2O4S2/c23-29(25,26)21-7-3-1-5-19(21)15-13-17-9-11-18(12-10-17)14-16-20-6-2-4-8-22(20)30(24,27)28/h1-16H. The minimum Gasteiger partial charge on any atom is -0.207 e. The lowest BCUT2D eigenvalue weighted by Gasteiger charge is -2.02. The van der Waals surface area contributed by atoms with Crippen LogP contribution in [0.4, 0.5) is 0 Å². The monoisotopic (exact) mass is 478 g/mol. The molecule has 0 saturated heterocycles. The first-order valence-corrected chi connectivity index (χ1v) is 13.3. The van der Waals surface area contributed by atoms with E-state index in [9.17, 15) is 16.8 Å². The summed E-state index contributed by atoms with van der Waals surface area (Å²) < 4.78 is 46.7. The van der Waals surface area contributed by atoms with Gasteiger partial charge in [0.05, 0.1) is 9.79 Å². The van der Waals surface area contributed by atoms with E-state index >= 15 is 0 Å². The molecular weight excluding hydrogens is 463 g/mol. The van der Waals surface area contributed by atoms with Crippen LogP contribution in [0.25, 0.3) is 24.3 Å². The van der Waals surface area contributed by atoms with Gasteiger partial charge in [-0.3, -0.25) is 0 Å².